The van der Waals surface area contributed by atoms with Gasteiger partial charge in [0.2, 0.25) is 0 Å². The molecule has 3 heteroatoms. The second-order valence-corrected chi connectivity index (χ2v) is 18.9. The zero-order chi connectivity index (χ0) is 38.1. The summed E-state index contributed by atoms with van der Waals surface area (Å²) >= 11 is 0. The zero-order valence-electron chi connectivity index (χ0n) is 34.0. The molecule has 54 heavy (non-hydrogen) atoms. The molecule has 0 aliphatic carbocycles. The summed E-state index contributed by atoms with van der Waals surface area (Å²) in [4.78, 5) is 10.6. The van der Waals surface area contributed by atoms with E-state index in [1.807, 2.05) is 0 Å². The molecule has 0 saturated carbocycles. The minimum Gasteiger partial charge on any atom is -0.656 e. The van der Waals surface area contributed by atoms with Gasteiger partial charge in [-0.1, -0.05) is 155 Å². The fraction of sp³-hybridized carbons (Fsp3) is 0.314. The standard InChI is InChI=1S/C51H53N2.Au/c1-48(2,3)37-20-16-32(17-21-37)34-26-35(33-18-22-38(23-19-33)49(4,5)6)28-36(27-34)44-14-13-15-45(52-44)43-31-40(51(10,11)12)30-42-41-29-39(50(7,8)9)24-25-46(41)53-47(42)43;/h13-18,20-27,29-31H,1-12H3;/q-3;+3. The van der Waals surface area contributed by atoms with Gasteiger partial charge < -0.3 is 4.98 Å². The third kappa shape index (κ3) is 7.94. The summed E-state index contributed by atoms with van der Waals surface area (Å²) in [6, 6.07) is 45.1. The summed E-state index contributed by atoms with van der Waals surface area (Å²) < 4.78 is 0. The molecule has 2 aromatic heterocycles. The average molecular weight is 891 g/mol. The third-order valence-electron chi connectivity index (χ3n) is 10.6. The normalized spacial score (nSPS) is 12.7. The smallest absolute Gasteiger partial charge is 0.656 e. The molecule has 278 valence electrons. The van der Waals surface area contributed by atoms with Gasteiger partial charge in [-0.15, -0.1) is 34.3 Å². The van der Waals surface area contributed by atoms with Crippen LogP contribution in [0.1, 0.15) is 105 Å². The van der Waals surface area contributed by atoms with Crippen molar-refractivity contribution in [2.45, 2.75) is 105 Å². The predicted molar refractivity (Wildman–Crippen MR) is 227 cm³/mol. The molecular formula is C51H53AuN2. The molecule has 0 atom stereocenters. The molecule has 0 saturated heterocycles. The van der Waals surface area contributed by atoms with Crippen LogP contribution in [0.5, 0.6) is 0 Å². The van der Waals surface area contributed by atoms with E-state index in [0.717, 1.165) is 50.2 Å². The first-order valence-electron chi connectivity index (χ1n) is 19.0. The fourth-order valence-corrected chi connectivity index (χ4v) is 7.00. The van der Waals surface area contributed by atoms with E-state index in [4.69, 9.17) is 9.97 Å². The van der Waals surface area contributed by atoms with E-state index in [2.05, 4.69) is 198 Å². The first kappa shape index (κ1) is 39.5. The molecule has 0 aliphatic rings. The van der Waals surface area contributed by atoms with Crippen LogP contribution < -0.4 is 4.98 Å². The van der Waals surface area contributed by atoms with Gasteiger partial charge in [0.05, 0.1) is 5.69 Å². The van der Waals surface area contributed by atoms with Crippen molar-refractivity contribution < 1.29 is 22.4 Å². The van der Waals surface area contributed by atoms with E-state index in [1.54, 1.807) is 0 Å². The van der Waals surface area contributed by atoms with Crippen LogP contribution in [0.15, 0.2) is 103 Å². The number of hydrogen-bond acceptors (Lipinski definition) is 1. The summed E-state index contributed by atoms with van der Waals surface area (Å²) in [6.07, 6.45) is 0. The molecule has 0 amide bonds. The van der Waals surface area contributed by atoms with Gasteiger partial charge in [0, 0.05) is 5.69 Å². The van der Waals surface area contributed by atoms with Crippen LogP contribution in [0.4, 0.5) is 0 Å². The Balaban J connectivity index is 0.00000497. The van der Waals surface area contributed by atoms with E-state index in [-0.39, 0.29) is 44.0 Å². The molecule has 7 aromatic rings. The van der Waals surface area contributed by atoms with Crippen molar-refractivity contribution in [2.75, 3.05) is 0 Å². The molecule has 2 nitrogen and oxygen atoms in total. The molecule has 0 fully saturated rings. The van der Waals surface area contributed by atoms with Gasteiger partial charge in [0.15, 0.2) is 0 Å². The van der Waals surface area contributed by atoms with Crippen LogP contribution in [0.3, 0.4) is 0 Å². The van der Waals surface area contributed by atoms with Crippen LogP contribution in [0.2, 0.25) is 0 Å². The maximum Gasteiger partial charge on any atom is 3.00 e. The monoisotopic (exact) mass is 890 g/mol. The first-order chi connectivity index (χ1) is 24.8. The molecular weight excluding hydrogens is 838 g/mol. The van der Waals surface area contributed by atoms with Crippen LogP contribution >= 0.6 is 0 Å². The molecule has 5 aromatic carbocycles. The summed E-state index contributed by atoms with van der Waals surface area (Å²) in [6.45, 7) is 27.1. The number of nitrogens with zero attached hydrogens (tertiary/aromatic N) is 2. The van der Waals surface area contributed by atoms with Crippen molar-refractivity contribution in [1.29, 1.82) is 0 Å². The van der Waals surface area contributed by atoms with Gasteiger partial charge in [0.1, 0.15) is 0 Å². The zero-order valence-corrected chi connectivity index (χ0v) is 36.2. The number of aromatic nitrogens is 2. The number of hydrogen-bond donors (Lipinski definition) is 0. The van der Waals surface area contributed by atoms with Gasteiger partial charge >= 0.3 is 22.4 Å². The maximum atomic E-state index is 5.39. The molecule has 0 N–H and O–H groups in total. The first-order valence-corrected chi connectivity index (χ1v) is 19.0. The van der Waals surface area contributed by atoms with E-state index in [0.29, 0.717) is 0 Å². The van der Waals surface area contributed by atoms with Crippen molar-refractivity contribution in [3.8, 4) is 44.8 Å². The molecule has 0 unspecified atom stereocenters. The van der Waals surface area contributed by atoms with E-state index < -0.39 is 0 Å². The Kier molecular flexibility index (Phi) is 10.3. The van der Waals surface area contributed by atoms with Gasteiger partial charge in [-0.2, -0.15) is 35.9 Å². The van der Waals surface area contributed by atoms with Crippen molar-refractivity contribution in [3.63, 3.8) is 0 Å². The number of rotatable bonds is 4. The van der Waals surface area contributed by atoms with E-state index in [1.165, 1.54) is 38.6 Å². The van der Waals surface area contributed by atoms with Crippen molar-refractivity contribution in [1.82, 2.24) is 9.97 Å². The summed E-state index contributed by atoms with van der Waals surface area (Å²) in [5.41, 5.74) is 15.4. The molecule has 0 aliphatic heterocycles. The summed E-state index contributed by atoms with van der Waals surface area (Å²) in [5.74, 6) is 0. The van der Waals surface area contributed by atoms with Gasteiger partial charge in [-0.05, 0) is 66.3 Å². The summed E-state index contributed by atoms with van der Waals surface area (Å²) in [7, 11) is 0. The Bertz CT molecular complexity index is 2380. The SMILES string of the molecule is CC(C)(C)c1c[c-]c(-c2[c-]c(-c3cccc(-c4cc(C(C)(C)C)cc5c4[n-]c4ccc(C(C)(C)C)cc45)n3)cc(-c3ccc(C(C)(C)C)cc3)c2)cc1.[Au+3]. The Hall–Kier alpha value is -4.21. The average Bonchev–Trinajstić information content (AvgIpc) is 3.48. The summed E-state index contributed by atoms with van der Waals surface area (Å²) in [5, 5.41) is 2.39. The largest absolute Gasteiger partial charge is 3.00 e. The minimum absolute atomic E-state index is 0. The second-order valence-electron chi connectivity index (χ2n) is 18.9. The molecule has 7 rings (SSSR count). The topological polar surface area (TPSA) is 27.0 Å². The van der Waals surface area contributed by atoms with Crippen molar-refractivity contribution >= 4 is 21.8 Å². The van der Waals surface area contributed by atoms with Crippen molar-refractivity contribution in [3.05, 3.63) is 138 Å². The molecule has 0 bridgehead atoms. The van der Waals surface area contributed by atoms with Crippen LogP contribution in [0.25, 0.3) is 66.6 Å². The number of fused-ring (bicyclic) bond motifs is 3. The number of pyridine rings is 1. The molecule has 0 spiro atoms. The van der Waals surface area contributed by atoms with Crippen LogP contribution in [0, 0.1) is 12.1 Å². The molecule has 2 heterocycles. The minimum atomic E-state index is -0.0512. The fourth-order valence-electron chi connectivity index (χ4n) is 7.00. The van der Waals surface area contributed by atoms with E-state index >= 15 is 0 Å². The Labute approximate surface area is 339 Å². The van der Waals surface area contributed by atoms with Crippen LogP contribution in [-0.2, 0) is 44.0 Å². The Morgan fingerprint density at radius 3 is 1.67 bits per heavy atom. The van der Waals surface area contributed by atoms with Gasteiger partial charge in [-0.25, -0.2) is 5.56 Å². The second kappa shape index (κ2) is 14.1. The van der Waals surface area contributed by atoms with Gasteiger partial charge in [-0.3, -0.25) is 4.98 Å². The van der Waals surface area contributed by atoms with E-state index in [9.17, 15) is 0 Å². The quantitative estimate of drug-likeness (QED) is 0.130. The number of benzene rings is 5. The Morgan fingerprint density at radius 1 is 0.481 bits per heavy atom. The predicted octanol–water partition coefficient (Wildman–Crippen LogP) is 13.8. The third-order valence-corrected chi connectivity index (χ3v) is 10.6. The Morgan fingerprint density at radius 2 is 1.06 bits per heavy atom. The van der Waals surface area contributed by atoms with Crippen molar-refractivity contribution in [2.24, 2.45) is 0 Å². The van der Waals surface area contributed by atoms with Crippen LogP contribution in [-0.4, -0.2) is 4.98 Å². The molecule has 0 radical (unpaired) electrons. The maximum absolute atomic E-state index is 5.39. The van der Waals surface area contributed by atoms with Gasteiger partial charge in [0.25, 0.3) is 0 Å².